The van der Waals surface area contributed by atoms with Gasteiger partial charge in [0.25, 0.3) is 0 Å². The molecule has 0 radical (unpaired) electrons. The van der Waals surface area contributed by atoms with Crippen LogP contribution in [0.3, 0.4) is 0 Å². The van der Waals surface area contributed by atoms with E-state index in [-0.39, 0.29) is 11.8 Å². The van der Waals surface area contributed by atoms with E-state index in [0.29, 0.717) is 11.3 Å². The van der Waals surface area contributed by atoms with Crippen LogP contribution in [0.25, 0.3) is 0 Å². The Labute approximate surface area is 108 Å². The topological polar surface area (TPSA) is 41.5 Å². The second-order valence-corrected chi connectivity index (χ2v) is 4.43. The molecule has 6 heteroatoms. The summed E-state index contributed by atoms with van der Waals surface area (Å²) < 4.78 is 38.0. The number of amides is 1. The zero-order valence-electron chi connectivity index (χ0n) is 10.5. The highest BCUT2D eigenvalue weighted by Crippen LogP contribution is 2.36. The van der Waals surface area contributed by atoms with Gasteiger partial charge >= 0.3 is 6.18 Å². The monoisotopic (exact) mass is 270 g/mol. The molecular formula is C13H13F3N2O. The van der Waals surface area contributed by atoms with E-state index in [4.69, 9.17) is 0 Å². The molecule has 2 rings (SSSR count). The molecule has 1 aromatic rings. The molecule has 0 saturated heterocycles. The summed E-state index contributed by atoms with van der Waals surface area (Å²) in [5, 5.41) is 2.46. The van der Waals surface area contributed by atoms with Crippen LogP contribution in [0.5, 0.6) is 0 Å². The fourth-order valence-electron chi connectivity index (χ4n) is 2.21. The van der Waals surface area contributed by atoms with Gasteiger partial charge in [0.2, 0.25) is 5.91 Å². The Kier molecular flexibility index (Phi) is 3.34. The van der Waals surface area contributed by atoms with Gasteiger partial charge in [-0.1, -0.05) is 18.2 Å². The number of halogens is 3. The third-order valence-electron chi connectivity index (χ3n) is 3.20. The Bertz CT molecular complexity index is 537. The zero-order chi connectivity index (χ0) is 14.2. The molecule has 1 amide bonds. The van der Waals surface area contributed by atoms with E-state index in [9.17, 15) is 18.0 Å². The van der Waals surface area contributed by atoms with Crippen LogP contribution >= 0.6 is 0 Å². The van der Waals surface area contributed by atoms with Gasteiger partial charge in [-0.3, -0.25) is 9.79 Å². The van der Waals surface area contributed by atoms with E-state index in [0.717, 1.165) is 12.1 Å². The highest BCUT2D eigenvalue weighted by Gasteiger charge is 2.39. The number of nitrogens with one attached hydrogen (secondary N) is 1. The number of carbonyl (C=O) groups excluding carboxylic acids is 1. The molecule has 1 aliphatic rings. The number of hydrogen-bond donors (Lipinski definition) is 1. The number of nitrogens with zero attached hydrogens (tertiary/aromatic N) is 1. The minimum Gasteiger partial charge on any atom is -0.357 e. The Morgan fingerprint density at radius 1 is 1.37 bits per heavy atom. The third kappa shape index (κ3) is 2.47. The van der Waals surface area contributed by atoms with Crippen molar-refractivity contribution in [1.82, 2.24) is 5.32 Å². The van der Waals surface area contributed by atoms with Crippen LogP contribution in [0.2, 0.25) is 0 Å². The number of rotatable bonds is 2. The molecule has 1 aliphatic heterocycles. The lowest BCUT2D eigenvalue weighted by molar-refractivity contribution is -0.137. The first-order chi connectivity index (χ1) is 8.84. The minimum absolute atomic E-state index is 0.284. The Hall–Kier alpha value is -1.85. The van der Waals surface area contributed by atoms with Crippen LogP contribution < -0.4 is 5.32 Å². The summed E-state index contributed by atoms with van der Waals surface area (Å²) >= 11 is 0. The fourth-order valence-corrected chi connectivity index (χ4v) is 2.21. The largest absolute Gasteiger partial charge is 0.416 e. The predicted octanol–water partition coefficient (Wildman–Crippen LogP) is 2.38. The van der Waals surface area contributed by atoms with Crippen LogP contribution in [0.4, 0.5) is 13.2 Å². The predicted molar refractivity (Wildman–Crippen MR) is 65.1 cm³/mol. The van der Waals surface area contributed by atoms with Gasteiger partial charge in [-0.2, -0.15) is 13.2 Å². The number of aliphatic imine (C=N–C) groups is 1. The summed E-state index contributed by atoms with van der Waals surface area (Å²) in [6, 6.07) is 4.41. The molecule has 1 aromatic carbocycles. The average Bonchev–Trinajstić information content (AvgIpc) is 2.34. The van der Waals surface area contributed by atoms with Gasteiger partial charge in [0.1, 0.15) is 6.04 Å². The maximum atomic E-state index is 12.7. The van der Waals surface area contributed by atoms with Crippen LogP contribution in [0.1, 0.15) is 24.0 Å². The van der Waals surface area contributed by atoms with Gasteiger partial charge < -0.3 is 5.32 Å². The van der Waals surface area contributed by atoms with Crippen LogP contribution in [0.15, 0.2) is 29.3 Å². The van der Waals surface area contributed by atoms with Crippen molar-refractivity contribution < 1.29 is 18.0 Å². The lowest BCUT2D eigenvalue weighted by Crippen LogP contribution is -2.44. The first-order valence-electron chi connectivity index (χ1n) is 5.77. The van der Waals surface area contributed by atoms with Crippen LogP contribution in [0, 0.1) is 0 Å². The fraction of sp³-hybridized carbons (Fsp3) is 0.385. The Balaban J connectivity index is 2.33. The normalized spacial score (nSPS) is 22.5. The minimum atomic E-state index is -4.38. The summed E-state index contributed by atoms with van der Waals surface area (Å²) in [5.74, 6) is -0.657. The number of hydrogen-bond acceptors (Lipinski definition) is 2. The van der Waals surface area contributed by atoms with E-state index >= 15 is 0 Å². The van der Waals surface area contributed by atoms with Crippen LogP contribution in [-0.4, -0.2) is 24.7 Å². The van der Waals surface area contributed by atoms with Crippen molar-refractivity contribution in [3.63, 3.8) is 0 Å². The summed E-state index contributed by atoms with van der Waals surface area (Å²) in [6.07, 6.45) is -4.38. The van der Waals surface area contributed by atoms with E-state index in [1.54, 1.807) is 13.0 Å². The first-order valence-corrected chi connectivity index (χ1v) is 5.77. The molecule has 1 N–H and O–H groups in total. The van der Waals surface area contributed by atoms with Gasteiger partial charge in [0, 0.05) is 12.8 Å². The van der Waals surface area contributed by atoms with E-state index in [1.807, 2.05) is 0 Å². The molecule has 0 fully saturated rings. The summed E-state index contributed by atoms with van der Waals surface area (Å²) in [7, 11) is 1.48. The second-order valence-electron chi connectivity index (χ2n) is 4.43. The standard InChI is InChI=1S/C13H13F3N2O/c1-7-10(11(18-7)12(19)17-2)8-4-3-5-9(6-8)13(14,15)16/h3-6,10-11H,1-2H3,(H,17,19)/t10-,11+/m0/s1. The number of likely N-dealkylation sites (N-methyl/N-ethyl adjacent to an activating group) is 1. The molecular weight excluding hydrogens is 257 g/mol. The molecule has 0 unspecified atom stereocenters. The zero-order valence-corrected chi connectivity index (χ0v) is 10.5. The molecule has 0 spiro atoms. The lowest BCUT2D eigenvalue weighted by atomic mass is 9.81. The molecule has 19 heavy (non-hydrogen) atoms. The summed E-state index contributed by atoms with van der Waals surface area (Å²) in [4.78, 5) is 15.6. The lowest BCUT2D eigenvalue weighted by Gasteiger charge is -2.32. The van der Waals surface area contributed by atoms with Crippen molar-refractivity contribution >= 4 is 11.6 Å². The third-order valence-corrected chi connectivity index (χ3v) is 3.20. The maximum absolute atomic E-state index is 12.7. The van der Waals surface area contributed by atoms with Crippen molar-refractivity contribution in [2.24, 2.45) is 4.99 Å². The average molecular weight is 270 g/mol. The van der Waals surface area contributed by atoms with Gasteiger partial charge in [0.05, 0.1) is 11.5 Å². The highest BCUT2D eigenvalue weighted by atomic mass is 19.4. The molecule has 3 nitrogen and oxygen atoms in total. The van der Waals surface area contributed by atoms with Crippen molar-refractivity contribution in [1.29, 1.82) is 0 Å². The molecule has 0 aromatic heterocycles. The number of alkyl halides is 3. The molecule has 0 saturated carbocycles. The highest BCUT2D eigenvalue weighted by molar-refractivity contribution is 6.03. The van der Waals surface area contributed by atoms with Gasteiger partial charge in [-0.25, -0.2) is 0 Å². The number of benzene rings is 1. The van der Waals surface area contributed by atoms with Gasteiger partial charge in [0.15, 0.2) is 0 Å². The van der Waals surface area contributed by atoms with Gasteiger partial charge in [-0.05, 0) is 18.6 Å². The van der Waals surface area contributed by atoms with E-state index in [2.05, 4.69) is 10.3 Å². The molecule has 0 aliphatic carbocycles. The first kappa shape index (κ1) is 13.6. The molecule has 0 bridgehead atoms. The SMILES string of the molecule is CNC(=O)[C@@H]1N=C(C)[C@H]1c1cccc(C(F)(F)F)c1. The van der Waals surface area contributed by atoms with E-state index in [1.165, 1.54) is 13.1 Å². The summed E-state index contributed by atoms with van der Waals surface area (Å²) in [6.45, 7) is 1.71. The van der Waals surface area contributed by atoms with E-state index < -0.39 is 17.8 Å². The van der Waals surface area contributed by atoms with Crippen LogP contribution in [-0.2, 0) is 11.0 Å². The molecule has 102 valence electrons. The Morgan fingerprint density at radius 2 is 2.05 bits per heavy atom. The quantitative estimate of drug-likeness (QED) is 0.880. The smallest absolute Gasteiger partial charge is 0.357 e. The van der Waals surface area contributed by atoms with Crippen molar-refractivity contribution in [3.8, 4) is 0 Å². The van der Waals surface area contributed by atoms with Crippen molar-refractivity contribution in [3.05, 3.63) is 35.4 Å². The second kappa shape index (κ2) is 4.68. The van der Waals surface area contributed by atoms with Gasteiger partial charge in [-0.15, -0.1) is 0 Å². The Morgan fingerprint density at radius 3 is 2.58 bits per heavy atom. The molecule has 1 heterocycles. The summed E-state index contributed by atoms with van der Waals surface area (Å²) in [5.41, 5.74) is 0.434. The van der Waals surface area contributed by atoms with Crippen molar-refractivity contribution in [2.75, 3.05) is 7.05 Å². The van der Waals surface area contributed by atoms with Crippen molar-refractivity contribution in [2.45, 2.75) is 25.1 Å². The number of carbonyl (C=O) groups is 1. The molecule has 2 atom stereocenters. The maximum Gasteiger partial charge on any atom is 0.416 e.